The second-order valence-corrected chi connectivity index (χ2v) is 5.86. The second-order valence-electron chi connectivity index (χ2n) is 3.64. The first kappa shape index (κ1) is 12.4. The molecule has 0 spiro atoms. The molecule has 0 atom stereocenters. The molecule has 17 heavy (non-hydrogen) atoms. The van der Waals surface area contributed by atoms with E-state index >= 15 is 0 Å². The van der Waals surface area contributed by atoms with Crippen LogP contribution in [-0.2, 0) is 6.42 Å². The quantitative estimate of drug-likeness (QED) is 0.591. The van der Waals surface area contributed by atoms with Crippen molar-refractivity contribution in [2.24, 2.45) is 0 Å². The number of aryl methyl sites for hydroxylation is 1. The highest BCUT2D eigenvalue weighted by molar-refractivity contribution is 8.00. The van der Waals surface area contributed by atoms with Gasteiger partial charge in [0, 0.05) is 9.77 Å². The molecular formula is C14H14OS2. The van der Waals surface area contributed by atoms with E-state index in [0.717, 1.165) is 16.2 Å². The van der Waals surface area contributed by atoms with Crippen molar-refractivity contribution in [3.05, 3.63) is 52.2 Å². The molecule has 3 heteroatoms. The van der Waals surface area contributed by atoms with Crippen LogP contribution >= 0.6 is 23.1 Å². The maximum Gasteiger partial charge on any atom is 0.182 e. The normalized spacial score (nSPS) is 10.4. The van der Waals surface area contributed by atoms with Gasteiger partial charge in [-0.15, -0.1) is 23.1 Å². The molecule has 1 heterocycles. The number of hydrogen-bond acceptors (Lipinski definition) is 3. The highest BCUT2D eigenvalue weighted by Crippen LogP contribution is 2.22. The molecule has 0 saturated heterocycles. The number of benzene rings is 1. The molecule has 2 aromatic rings. The van der Waals surface area contributed by atoms with Crippen LogP contribution in [-0.4, -0.2) is 11.5 Å². The molecular weight excluding hydrogens is 248 g/mol. The van der Waals surface area contributed by atoms with E-state index in [0.29, 0.717) is 5.75 Å². The van der Waals surface area contributed by atoms with Gasteiger partial charge in [-0.1, -0.05) is 25.1 Å². The maximum absolute atomic E-state index is 11.9. The summed E-state index contributed by atoms with van der Waals surface area (Å²) in [5.74, 6) is 0.747. The molecule has 0 radical (unpaired) electrons. The Kier molecular flexibility index (Phi) is 4.40. The van der Waals surface area contributed by atoms with Crippen molar-refractivity contribution in [2.45, 2.75) is 18.2 Å². The first-order valence-corrected chi connectivity index (χ1v) is 7.39. The minimum atomic E-state index is 0.226. The number of rotatable bonds is 5. The molecule has 0 fully saturated rings. The molecule has 0 amide bonds. The van der Waals surface area contributed by atoms with Crippen LogP contribution in [0.4, 0.5) is 0 Å². The summed E-state index contributed by atoms with van der Waals surface area (Å²) in [6.07, 6.45) is 1.00. The lowest BCUT2D eigenvalue weighted by atomic mass is 10.3. The fourth-order valence-electron chi connectivity index (χ4n) is 1.45. The zero-order chi connectivity index (χ0) is 12.1. The van der Waals surface area contributed by atoms with Crippen LogP contribution in [0.2, 0.25) is 0 Å². The summed E-state index contributed by atoms with van der Waals surface area (Å²) in [4.78, 5) is 15.2. The van der Waals surface area contributed by atoms with Crippen LogP contribution in [0, 0.1) is 0 Å². The zero-order valence-electron chi connectivity index (χ0n) is 9.68. The third-order valence-electron chi connectivity index (χ3n) is 2.40. The monoisotopic (exact) mass is 262 g/mol. The number of thiophene rings is 1. The van der Waals surface area contributed by atoms with Crippen LogP contribution in [0.15, 0.2) is 47.4 Å². The van der Waals surface area contributed by atoms with Crippen molar-refractivity contribution in [3.63, 3.8) is 0 Å². The van der Waals surface area contributed by atoms with Gasteiger partial charge in [-0.2, -0.15) is 0 Å². The molecule has 1 aromatic carbocycles. The fourth-order valence-corrected chi connectivity index (χ4v) is 3.23. The van der Waals surface area contributed by atoms with Gasteiger partial charge in [0.25, 0.3) is 0 Å². The van der Waals surface area contributed by atoms with Crippen LogP contribution in [0.1, 0.15) is 21.5 Å². The molecule has 0 N–H and O–H groups in total. The van der Waals surface area contributed by atoms with E-state index in [-0.39, 0.29) is 5.78 Å². The van der Waals surface area contributed by atoms with Crippen molar-refractivity contribution in [1.82, 2.24) is 0 Å². The van der Waals surface area contributed by atoms with Gasteiger partial charge in [0.1, 0.15) is 0 Å². The summed E-state index contributed by atoms with van der Waals surface area (Å²) in [6, 6.07) is 14.0. The first-order chi connectivity index (χ1) is 8.29. The van der Waals surface area contributed by atoms with Crippen molar-refractivity contribution >= 4 is 28.9 Å². The first-order valence-electron chi connectivity index (χ1n) is 5.59. The van der Waals surface area contributed by atoms with Gasteiger partial charge in [-0.25, -0.2) is 0 Å². The molecule has 0 aliphatic heterocycles. The molecule has 1 aromatic heterocycles. The van der Waals surface area contributed by atoms with Gasteiger partial charge in [0.2, 0.25) is 0 Å². The third kappa shape index (κ3) is 3.45. The number of hydrogen-bond donors (Lipinski definition) is 0. The number of carbonyl (C=O) groups is 1. The van der Waals surface area contributed by atoms with E-state index in [4.69, 9.17) is 0 Å². The van der Waals surface area contributed by atoms with E-state index < -0.39 is 0 Å². The summed E-state index contributed by atoms with van der Waals surface area (Å²) in [5, 5.41) is 0. The van der Waals surface area contributed by atoms with Crippen LogP contribution in [0.3, 0.4) is 0 Å². The van der Waals surface area contributed by atoms with Crippen molar-refractivity contribution < 1.29 is 4.79 Å². The zero-order valence-corrected chi connectivity index (χ0v) is 11.3. The van der Waals surface area contributed by atoms with E-state index in [2.05, 4.69) is 6.92 Å². The van der Waals surface area contributed by atoms with E-state index in [1.54, 1.807) is 23.1 Å². The molecule has 0 unspecified atom stereocenters. The Morgan fingerprint density at radius 3 is 2.59 bits per heavy atom. The Morgan fingerprint density at radius 1 is 1.18 bits per heavy atom. The molecule has 88 valence electrons. The van der Waals surface area contributed by atoms with Crippen LogP contribution < -0.4 is 0 Å². The number of carbonyl (C=O) groups excluding carboxylic acids is 1. The number of Topliss-reactive ketones (excluding diaryl/α,β-unsaturated/α-hetero) is 1. The highest BCUT2D eigenvalue weighted by Gasteiger charge is 2.09. The molecule has 0 aliphatic rings. The summed E-state index contributed by atoms with van der Waals surface area (Å²) >= 11 is 3.21. The Labute approximate surface area is 110 Å². The molecule has 1 nitrogen and oxygen atoms in total. The maximum atomic E-state index is 11.9. The van der Waals surface area contributed by atoms with E-state index in [9.17, 15) is 4.79 Å². The summed E-state index contributed by atoms with van der Waals surface area (Å²) < 4.78 is 0. The SMILES string of the molecule is CCc1ccc(C(=O)CSc2ccccc2)s1. The molecule has 0 saturated carbocycles. The Bertz CT molecular complexity index is 488. The predicted molar refractivity (Wildman–Crippen MR) is 75.2 cm³/mol. The average molecular weight is 262 g/mol. The van der Waals surface area contributed by atoms with Crippen LogP contribution in [0.25, 0.3) is 0 Å². The van der Waals surface area contributed by atoms with Gasteiger partial charge in [0.05, 0.1) is 10.6 Å². The smallest absolute Gasteiger partial charge is 0.182 e. The van der Waals surface area contributed by atoms with Crippen molar-refractivity contribution in [3.8, 4) is 0 Å². The Morgan fingerprint density at radius 2 is 1.94 bits per heavy atom. The van der Waals surface area contributed by atoms with Gasteiger partial charge >= 0.3 is 0 Å². The summed E-state index contributed by atoms with van der Waals surface area (Å²) in [6.45, 7) is 2.11. The van der Waals surface area contributed by atoms with Crippen molar-refractivity contribution in [1.29, 1.82) is 0 Å². The second kappa shape index (κ2) is 6.03. The minimum absolute atomic E-state index is 0.226. The summed E-state index contributed by atoms with van der Waals surface area (Å²) in [7, 11) is 0. The predicted octanol–water partition coefficient (Wildman–Crippen LogP) is 4.29. The Hall–Kier alpha value is -1.06. The number of thioether (sulfide) groups is 1. The largest absolute Gasteiger partial charge is 0.292 e. The Balaban J connectivity index is 1.93. The van der Waals surface area contributed by atoms with Crippen molar-refractivity contribution in [2.75, 3.05) is 5.75 Å². The summed E-state index contributed by atoms with van der Waals surface area (Å²) in [5.41, 5.74) is 0. The fraction of sp³-hybridized carbons (Fsp3) is 0.214. The number of ketones is 1. The van der Waals surface area contributed by atoms with Gasteiger partial charge in [-0.05, 0) is 30.7 Å². The molecule has 2 rings (SSSR count). The molecule has 0 bridgehead atoms. The van der Waals surface area contributed by atoms with Crippen LogP contribution in [0.5, 0.6) is 0 Å². The highest BCUT2D eigenvalue weighted by atomic mass is 32.2. The minimum Gasteiger partial charge on any atom is -0.292 e. The molecule has 0 aliphatic carbocycles. The lowest BCUT2D eigenvalue weighted by molar-refractivity contribution is 0.102. The topological polar surface area (TPSA) is 17.1 Å². The van der Waals surface area contributed by atoms with E-state index in [1.165, 1.54) is 4.88 Å². The standard InChI is InChI=1S/C14H14OS2/c1-2-11-8-9-14(17-11)13(15)10-16-12-6-4-3-5-7-12/h3-9H,2,10H2,1H3. The van der Waals surface area contributed by atoms with Gasteiger partial charge in [0.15, 0.2) is 5.78 Å². The van der Waals surface area contributed by atoms with E-state index in [1.807, 2.05) is 42.5 Å². The van der Waals surface area contributed by atoms with Gasteiger partial charge < -0.3 is 0 Å². The lowest BCUT2D eigenvalue weighted by Crippen LogP contribution is -1.98. The lowest BCUT2D eigenvalue weighted by Gasteiger charge is -1.99. The third-order valence-corrected chi connectivity index (χ3v) is 4.68. The van der Waals surface area contributed by atoms with Gasteiger partial charge in [-0.3, -0.25) is 4.79 Å². The average Bonchev–Trinajstić information content (AvgIpc) is 2.86.